The molecule has 4 nitrogen and oxygen atoms in total. The lowest BCUT2D eigenvalue weighted by Crippen LogP contribution is -2.34. The van der Waals surface area contributed by atoms with Gasteiger partial charge in [0, 0.05) is 17.4 Å². The number of likely N-dealkylation sites (tertiary alicyclic amines) is 1. The number of carboxylic acids is 1. The fourth-order valence-corrected chi connectivity index (χ4v) is 3.94. The highest BCUT2D eigenvalue weighted by atomic mass is 16.4. The second-order valence-corrected chi connectivity index (χ2v) is 7.19. The Balaban J connectivity index is 1.36. The number of aromatic carboxylic acids is 1. The Morgan fingerprint density at radius 3 is 2.58 bits per heavy atom. The van der Waals surface area contributed by atoms with E-state index < -0.39 is 5.97 Å². The maximum atomic E-state index is 11.1. The number of aromatic amines is 1. The summed E-state index contributed by atoms with van der Waals surface area (Å²) in [6.07, 6.45) is 3.44. The van der Waals surface area contributed by atoms with Crippen LogP contribution in [0, 0.1) is 0 Å². The lowest BCUT2D eigenvalue weighted by Gasteiger charge is -2.32. The fourth-order valence-electron chi connectivity index (χ4n) is 3.94. The van der Waals surface area contributed by atoms with Crippen molar-refractivity contribution in [3.05, 3.63) is 71.4 Å². The van der Waals surface area contributed by atoms with Crippen molar-refractivity contribution in [1.29, 1.82) is 0 Å². The molecule has 0 atom stereocenters. The zero-order valence-corrected chi connectivity index (χ0v) is 14.8. The first-order valence-corrected chi connectivity index (χ1v) is 9.31. The van der Waals surface area contributed by atoms with E-state index in [4.69, 9.17) is 5.11 Å². The number of rotatable bonds is 5. The van der Waals surface area contributed by atoms with Crippen LogP contribution in [0.4, 0.5) is 0 Å². The fraction of sp³-hybridized carbons (Fsp3) is 0.318. The van der Waals surface area contributed by atoms with Gasteiger partial charge < -0.3 is 15.0 Å². The molecule has 0 radical (unpaired) electrons. The van der Waals surface area contributed by atoms with Gasteiger partial charge in [-0.2, -0.15) is 0 Å². The van der Waals surface area contributed by atoms with Crippen molar-refractivity contribution < 1.29 is 9.90 Å². The number of nitrogens with one attached hydrogen (secondary N) is 1. The maximum absolute atomic E-state index is 11.1. The summed E-state index contributed by atoms with van der Waals surface area (Å²) in [4.78, 5) is 16.6. The molecule has 3 aromatic rings. The molecule has 134 valence electrons. The number of fused-ring (bicyclic) bond motifs is 1. The average Bonchev–Trinajstić information content (AvgIpc) is 3.11. The van der Waals surface area contributed by atoms with E-state index in [1.165, 1.54) is 11.1 Å². The summed E-state index contributed by atoms with van der Waals surface area (Å²) >= 11 is 0. The highest BCUT2D eigenvalue weighted by Gasteiger charge is 2.21. The molecule has 4 heteroatoms. The third kappa shape index (κ3) is 3.65. The van der Waals surface area contributed by atoms with Crippen molar-refractivity contribution in [2.45, 2.75) is 25.2 Å². The predicted octanol–water partition coefficient (Wildman–Crippen LogP) is 4.29. The van der Waals surface area contributed by atoms with Crippen LogP contribution in [0.25, 0.3) is 10.9 Å². The molecule has 0 unspecified atom stereocenters. The van der Waals surface area contributed by atoms with Crippen molar-refractivity contribution in [1.82, 2.24) is 9.88 Å². The molecule has 1 saturated heterocycles. The van der Waals surface area contributed by atoms with Crippen LogP contribution in [0.2, 0.25) is 0 Å². The molecule has 0 bridgehead atoms. The quantitative estimate of drug-likeness (QED) is 0.723. The molecular weight excluding hydrogens is 324 g/mol. The van der Waals surface area contributed by atoms with E-state index in [1.54, 1.807) is 6.07 Å². The van der Waals surface area contributed by atoms with Gasteiger partial charge in [-0.1, -0.05) is 36.4 Å². The van der Waals surface area contributed by atoms with Gasteiger partial charge in [-0.05, 0) is 67.6 Å². The van der Waals surface area contributed by atoms with Crippen LogP contribution in [-0.4, -0.2) is 40.6 Å². The van der Waals surface area contributed by atoms with E-state index in [0.717, 1.165) is 49.8 Å². The minimum atomic E-state index is -0.908. The first-order valence-electron chi connectivity index (χ1n) is 9.31. The summed E-state index contributed by atoms with van der Waals surface area (Å²) in [7, 11) is 0. The van der Waals surface area contributed by atoms with Crippen molar-refractivity contribution in [2.24, 2.45) is 0 Å². The lowest BCUT2D eigenvalue weighted by atomic mass is 9.89. The first-order chi connectivity index (χ1) is 12.7. The van der Waals surface area contributed by atoms with Crippen LogP contribution in [0.5, 0.6) is 0 Å². The molecule has 2 heterocycles. The van der Waals surface area contributed by atoms with Crippen LogP contribution in [0.1, 0.15) is 40.4 Å². The summed E-state index contributed by atoms with van der Waals surface area (Å²) in [5, 5.41) is 10.1. The van der Waals surface area contributed by atoms with Gasteiger partial charge in [0.1, 0.15) is 5.69 Å². The zero-order valence-electron chi connectivity index (χ0n) is 14.8. The van der Waals surface area contributed by atoms with Gasteiger partial charge in [-0.25, -0.2) is 4.79 Å². The van der Waals surface area contributed by atoms with E-state index in [0.29, 0.717) is 5.92 Å². The minimum absolute atomic E-state index is 0.257. The Kier molecular flexibility index (Phi) is 4.76. The number of piperidine rings is 1. The number of carbonyl (C=O) groups is 1. The molecule has 4 rings (SSSR count). The molecule has 1 fully saturated rings. The van der Waals surface area contributed by atoms with Crippen LogP contribution in [-0.2, 0) is 6.42 Å². The van der Waals surface area contributed by atoms with Gasteiger partial charge in [0.15, 0.2) is 0 Å². The van der Waals surface area contributed by atoms with E-state index in [2.05, 4.69) is 52.3 Å². The molecule has 0 spiro atoms. The first kappa shape index (κ1) is 16.9. The summed E-state index contributed by atoms with van der Waals surface area (Å²) in [6, 6.07) is 18.7. The number of carboxylic acid groups (broad SMARTS) is 1. The van der Waals surface area contributed by atoms with Gasteiger partial charge in [0.2, 0.25) is 0 Å². The van der Waals surface area contributed by atoms with E-state index >= 15 is 0 Å². The van der Waals surface area contributed by atoms with Gasteiger partial charge in [-0.3, -0.25) is 0 Å². The molecule has 0 amide bonds. The largest absolute Gasteiger partial charge is 0.477 e. The SMILES string of the molecule is O=C(O)c1cc2cc(C3CCN(CCc4ccccc4)CC3)ccc2[nH]1. The zero-order chi connectivity index (χ0) is 17.9. The predicted molar refractivity (Wildman–Crippen MR) is 104 cm³/mol. The number of aromatic nitrogens is 1. The normalized spacial score (nSPS) is 16.2. The van der Waals surface area contributed by atoms with Crippen molar-refractivity contribution in [3.8, 4) is 0 Å². The number of hydrogen-bond donors (Lipinski definition) is 2. The average molecular weight is 348 g/mol. The lowest BCUT2D eigenvalue weighted by molar-refractivity contribution is 0.0691. The number of H-pyrrole nitrogens is 1. The van der Waals surface area contributed by atoms with Crippen LogP contribution < -0.4 is 0 Å². The van der Waals surface area contributed by atoms with Crippen molar-refractivity contribution in [3.63, 3.8) is 0 Å². The second kappa shape index (κ2) is 7.34. The highest BCUT2D eigenvalue weighted by Crippen LogP contribution is 2.30. The Hall–Kier alpha value is -2.59. The Morgan fingerprint density at radius 1 is 1.08 bits per heavy atom. The third-order valence-corrected chi connectivity index (χ3v) is 5.49. The van der Waals surface area contributed by atoms with Gasteiger partial charge >= 0.3 is 5.97 Å². The molecule has 1 aliphatic rings. The summed E-state index contributed by atoms with van der Waals surface area (Å²) in [5.74, 6) is -0.343. The molecule has 1 aromatic heterocycles. The van der Waals surface area contributed by atoms with Gasteiger partial charge in [-0.15, -0.1) is 0 Å². The van der Waals surface area contributed by atoms with E-state index in [1.807, 2.05) is 6.07 Å². The number of benzene rings is 2. The van der Waals surface area contributed by atoms with Gasteiger partial charge in [0.25, 0.3) is 0 Å². The number of nitrogens with zero attached hydrogens (tertiary/aromatic N) is 1. The topological polar surface area (TPSA) is 56.3 Å². The van der Waals surface area contributed by atoms with Gasteiger partial charge in [0.05, 0.1) is 0 Å². The summed E-state index contributed by atoms with van der Waals surface area (Å²) in [6.45, 7) is 3.38. The monoisotopic (exact) mass is 348 g/mol. The Labute approximate surface area is 153 Å². The second-order valence-electron chi connectivity index (χ2n) is 7.19. The molecule has 1 aliphatic heterocycles. The molecule has 0 aliphatic carbocycles. The van der Waals surface area contributed by atoms with Crippen LogP contribution in [0.15, 0.2) is 54.6 Å². The molecule has 26 heavy (non-hydrogen) atoms. The molecule has 2 aromatic carbocycles. The molecule has 2 N–H and O–H groups in total. The summed E-state index contributed by atoms with van der Waals surface area (Å²) < 4.78 is 0. The Bertz CT molecular complexity index is 893. The number of hydrogen-bond acceptors (Lipinski definition) is 2. The molecule has 0 saturated carbocycles. The van der Waals surface area contributed by atoms with E-state index in [9.17, 15) is 4.79 Å². The van der Waals surface area contributed by atoms with E-state index in [-0.39, 0.29) is 5.69 Å². The minimum Gasteiger partial charge on any atom is -0.477 e. The molecular formula is C22H24N2O2. The highest BCUT2D eigenvalue weighted by molar-refractivity contribution is 5.93. The summed E-state index contributed by atoms with van der Waals surface area (Å²) in [5.41, 5.74) is 3.89. The standard InChI is InChI=1S/C22H24N2O2/c25-22(26)21-15-19-14-18(6-7-20(19)23-21)17-9-12-24(13-10-17)11-8-16-4-2-1-3-5-16/h1-7,14-15,17,23H,8-13H2,(H,25,26). The van der Waals surface area contributed by atoms with Crippen molar-refractivity contribution in [2.75, 3.05) is 19.6 Å². The maximum Gasteiger partial charge on any atom is 0.352 e. The smallest absolute Gasteiger partial charge is 0.352 e. The van der Waals surface area contributed by atoms with Crippen molar-refractivity contribution >= 4 is 16.9 Å². The Morgan fingerprint density at radius 2 is 1.85 bits per heavy atom. The van der Waals surface area contributed by atoms with Crippen LogP contribution in [0.3, 0.4) is 0 Å². The van der Waals surface area contributed by atoms with Crippen LogP contribution >= 0.6 is 0 Å². The third-order valence-electron chi connectivity index (χ3n) is 5.49.